The van der Waals surface area contributed by atoms with E-state index in [0.29, 0.717) is 21.9 Å². The van der Waals surface area contributed by atoms with Gasteiger partial charge in [-0.15, -0.1) is 0 Å². The summed E-state index contributed by atoms with van der Waals surface area (Å²) in [5.74, 6) is -0.365. The van der Waals surface area contributed by atoms with Crippen molar-refractivity contribution < 1.29 is 13.2 Å². The lowest BCUT2D eigenvalue weighted by Crippen LogP contribution is -2.36. The van der Waals surface area contributed by atoms with Gasteiger partial charge in [-0.1, -0.05) is 60.1 Å². The number of fused-ring (bicyclic) bond motifs is 1. The molecule has 1 aliphatic rings. The van der Waals surface area contributed by atoms with Gasteiger partial charge in [-0.3, -0.25) is 4.79 Å². The molecular formula is C21H15ClN2O3S. The number of carbonyl (C=O) groups excluding carboxylic acids is 1. The molecule has 0 radical (unpaired) electrons. The lowest BCUT2D eigenvalue weighted by Gasteiger charge is -2.26. The van der Waals surface area contributed by atoms with Crippen LogP contribution in [0.3, 0.4) is 0 Å². The lowest BCUT2D eigenvalue weighted by atomic mass is 10.0. The number of hydrogen-bond donors (Lipinski definition) is 0. The Labute approximate surface area is 167 Å². The number of sulfonamides is 1. The van der Waals surface area contributed by atoms with E-state index in [2.05, 4.69) is 5.10 Å². The lowest BCUT2D eigenvalue weighted by molar-refractivity contribution is 0.0967. The zero-order chi connectivity index (χ0) is 19.7. The van der Waals surface area contributed by atoms with E-state index in [-0.39, 0.29) is 10.7 Å². The largest absolute Gasteiger partial charge is 0.292 e. The molecule has 3 aromatic carbocycles. The van der Waals surface area contributed by atoms with E-state index in [0.717, 1.165) is 9.98 Å². The molecule has 1 heterocycles. The summed E-state index contributed by atoms with van der Waals surface area (Å²) in [6.07, 6.45) is 0. The van der Waals surface area contributed by atoms with Gasteiger partial charge in [-0.2, -0.15) is 17.9 Å². The molecule has 0 spiro atoms. The molecule has 3 aromatic rings. The number of hydrazone groups is 1. The van der Waals surface area contributed by atoms with Gasteiger partial charge in [0, 0.05) is 21.7 Å². The second-order valence-electron chi connectivity index (χ2n) is 6.23. The van der Waals surface area contributed by atoms with Gasteiger partial charge >= 0.3 is 0 Å². The highest BCUT2D eigenvalue weighted by Gasteiger charge is 2.34. The SMILES string of the molecule is O=C(CN1N=C(c2ccccc2)c2ccccc2S1(=O)=O)c1ccc(Cl)cc1. The zero-order valence-corrected chi connectivity index (χ0v) is 16.2. The molecule has 0 bridgehead atoms. The van der Waals surface area contributed by atoms with E-state index < -0.39 is 16.6 Å². The molecule has 0 saturated heterocycles. The topological polar surface area (TPSA) is 66.8 Å². The molecule has 4 rings (SSSR count). The van der Waals surface area contributed by atoms with Crippen LogP contribution in [0.5, 0.6) is 0 Å². The highest BCUT2D eigenvalue weighted by Crippen LogP contribution is 2.29. The molecule has 5 nitrogen and oxygen atoms in total. The maximum atomic E-state index is 13.0. The molecule has 0 fully saturated rings. The number of halogens is 1. The molecule has 0 amide bonds. The van der Waals surface area contributed by atoms with Gasteiger partial charge in [0.15, 0.2) is 5.78 Å². The summed E-state index contributed by atoms with van der Waals surface area (Å²) in [4.78, 5) is 12.8. The summed E-state index contributed by atoms with van der Waals surface area (Å²) in [6, 6.07) is 22.3. The van der Waals surface area contributed by atoms with Crippen LogP contribution < -0.4 is 0 Å². The fraction of sp³-hybridized carbons (Fsp3) is 0.0476. The molecule has 7 heteroatoms. The quantitative estimate of drug-likeness (QED) is 0.611. The van der Waals surface area contributed by atoms with Crippen molar-refractivity contribution in [3.05, 3.63) is 101 Å². The third kappa shape index (κ3) is 3.32. The molecule has 28 heavy (non-hydrogen) atoms. The highest BCUT2D eigenvalue weighted by atomic mass is 35.5. The van der Waals surface area contributed by atoms with Crippen molar-refractivity contribution in [2.45, 2.75) is 4.90 Å². The van der Waals surface area contributed by atoms with E-state index >= 15 is 0 Å². The predicted molar refractivity (Wildman–Crippen MR) is 108 cm³/mol. The molecule has 0 aromatic heterocycles. The Balaban J connectivity index is 1.78. The van der Waals surface area contributed by atoms with E-state index in [4.69, 9.17) is 11.6 Å². The first kappa shape index (κ1) is 18.4. The first-order chi connectivity index (χ1) is 13.5. The van der Waals surface area contributed by atoms with Crippen LogP contribution in [-0.2, 0) is 10.0 Å². The minimum atomic E-state index is -3.94. The second-order valence-corrected chi connectivity index (χ2v) is 8.47. The number of rotatable bonds is 4. The molecule has 0 atom stereocenters. The average molecular weight is 411 g/mol. The van der Waals surface area contributed by atoms with Crippen LogP contribution in [0, 0.1) is 0 Å². The van der Waals surface area contributed by atoms with Crippen LogP contribution >= 0.6 is 11.6 Å². The monoisotopic (exact) mass is 410 g/mol. The number of hydrogen-bond acceptors (Lipinski definition) is 4. The molecule has 0 unspecified atom stereocenters. The summed E-state index contributed by atoms with van der Waals surface area (Å²) in [5.41, 5.74) is 2.17. The van der Waals surface area contributed by atoms with Gasteiger partial charge in [0.25, 0.3) is 10.0 Å². The Morgan fingerprint density at radius 3 is 2.25 bits per heavy atom. The van der Waals surface area contributed by atoms with E-state index in [1.54, 1.807) is 42.5 Å². The van der Waals surface area contributed by atoms with Crippen molar-refractivity contribution in [2.24, 2.45) is 5.10 Å². The van der Waals surface area contributed by atoms with Crippen molar-refractivity contribution in [1.82, 2.24) is 4.41 Å². The third-order valence-electron chi connectivity index (χ3n) is 4.40. The highest BCUT2D eigenvalue weighted by molar-refractivity contribution is 7.89. The first-order valence-corrected chi connectivity index (χ1v) is 10.3. The number of benzene rings is 3. The third-order valence-corrected chi connectivity index (χ3v) is 6.33. The summed E-state index contributed by atoms with van der Waals surface area (Å²) in [6.45, 7) is -0.394. The standard InChI is InChI=1S/C21H15ClN2O3S/c22-17-12-10-15(11-13-17)19(25)14-24-23-21(16-6-2-1-3-7-16)18-8-4-5-9-20(18)28(24,26)27/h1-13H,14H2. The van der Waals surface area contributed by atoms with Gasteiger partial charge in [-0.05, 0) is 30.3 Å². The van der Waals surface area contributed by atoms with Crippen molar-refractivity contribution in [3.8, 4) is 0 Å². The summed E-state index contributed by atoms with van der Waals surface area (Å²) < 4.78 is 27.0. The smallest absolute Gasteiger partial charge is 0.280 e. The fourth-order valence-corrected chi connectivity index (χ4v) is 4.52. The maximum absolute atomic E-state index is 13.0. The van der Waals surface area contributed by atoms with Gasteiger partial charge < -0.3 is 0 Å². The minimum Gasteiger partial charge on any atom is -0.292 e. The van der Waals surface area contributed by atoms with Gasteiger partial charge in [0.05, 0.1) is 4.90 Å². The van der Waals surface area contributed by atoms with E-state index in [9.17, 15) is 13.2 Å². The van der Waals surface area contributed by atoms with Crippen molar-refractivity contribution in [3.63, 3.8) is 0 Å². The van der Waals surface area contributed by atoms with Crippen LogP contribution in [0.15, 0.2) is 88.9 Å². The Hall–Kier alpha value is -2.96. The van der Waals surface area contributed by atoms with Gasteiger partial charge in [-0.25, -0.2) is 0 Å². The Morgan fingerprint density at radius 2 is 1.54 bits per heavy atom. The molecule has 0 saturated carbocycles. The predicted octanol–water partition coefficient (Wildman–Crippen LogP) is 3.98. The molecule has 0 aliphatic carbocycles. The number of Topliss-reactive ketones (excluding diaryl/α,β-unsaturated/α-hetero) is 1. The van der Waals surface area contributed by atoms with Crippen LogP contribution in [0.2, 0.25) is 5.02 Å². The Bertz CT molecular complexity index is 1170. The first-order valence-electron chi connectivity index (χ1n) is 8.52. The summed E-state index contributed by atoms with van der Waals surface area (Å²) in [7, 11) is -3.94. The minimum absolute atomic E-state index is 0.132. The van der Waals surface area contributed by atoms with Gasteiger partial charge in [0.1, 0.15) is 12.3 Å². The Morgan fingerprint density at radius 1 is 0.893 bits per heavy atom. The molecular weight excluding hydrogens is 396 g/mol. The van der Waals surface area contributed by atoms with Gasteiger partial charge in [0.2, 0.25) is 0 Å². The normalized spacial score (nSPS) is 14.9. The van der Waals surface area contributed by atoms with E-state index in [1.807, 2.05) is 30.3 Å². The van der Waals surface area contributed by atoms with Crippen LogP contribution in [0.25, 0.3) is 0 Å². The van der Waals surface area contributed by atoms with Crippen molar-refractivity contribution >= 4 is 33.1 Å². The number of carbonyl (C=O) groups is 1. The summed E-state index contributed by atoms with van der Waals surface area (Å²) >= 11 is 5.86. The number of nitrogens with zero attached hydrogens (tertiary/aromatic N) is 2. The van der Waals surface area contributed by atoms with Crippen molar-refractivity contribution in [1.29, 1.82) is 0 Å². The van der Waals surface area contributed by atoms with Crippen LogP contribution in [0.4, 0.5) is 0 Å². The summed E-state index contributed by atoms with van der Waals surface area (Å²) in [5, 5.41) is 4.84. The second kappa shape index (κ2) is 7.22. The van der Waals surface area contributed by atoms with Crippen molar-refractivity contribution in [2.75, 3.05) is 6.54 Å². The van der Waals surface area contributed by atoms with Crippen LogP contribution in [-0.4, -0.2) is 30.9 Å². The zero-order valence-electron chi connectivity index (χ0n) is 14.6. The van der Waals surface area contributed by atoms with Crippen LogP contribution in [0.1, 0.15) is 21.5 Å². The maximum Gasteiger partial charge on any atom is 0.280 e. The molecule has 0 N–H and O–H groups in total. The Kier molecular flexibility index (Phi) is 4.75. The van der Waals surface area contributed by atoms with E-state index in [1.165, 1.54) is 6.07 Å². The average Bonchev–Trinajstić information content (AvgIpc) is 2.71. The fourth-order valence-electron chi connectivity index (χ4n) is 3.00. The molecule has 1 aliphatic heterocycles. The number of ketones is 1. The molecule has 140 valence electrons.